The van der Waals surface area contributed by atoms with Crippen LogP contribution < -0.4 is 14.4 Å². The molecule has 7 nitrogen and oxygen atoms in total. The molecule has 184 valence electrons. The summed E-state index contributed by atoms with van der Waals surface area (Å²) >= 11 is 0. The number of nitrogens with zero attached hydrogens (tertiary/aromatic N) is 4. The van der Waals surface area contributed by atoms with Crippen molar-refractivity contribution in [3.63, 3.8) is 0 Å². The van der Waals surface area contributed by atoms with Crippen molar-refractivity contribution in [2.24, 2.45) is 0 Å². The number of aromatic nitrogens is 2. The molecular formula is C29H30N4O3. The minimum absolute atomic E-state index is 0.0255. The second kappa shape index (κ2) is 10.2. The number of benzene rings is 3. The summed E-state index contributed by atoms with van der Waals surface area (Å²) in [6, 6.07) is 25.5. The highest BCUT2D eigenvalue weighted by Crippen LogP contribution is 2.27. The number of piperazine rings is 1. The molecule has 3 aromatic carbocycles. The lowest BCUT2D eigenvalue weighted by atomic mass is 10.1. The fourth-order valence-corrected chi connectivity index (χ4v) is 4.59. The summed E-state index contributed by atoms with van der Waals surface area (Å²) in [5, 5.41) is 4.83. The highest BCUT2D eigenvalue weighted by atomic mass is 16.5. The van der Waals surface area contributed by atoms with Gasteiger partial charge >= 0.3 is 0 Å². The molecule has 0 N–H and O–H groups in total. The quantitative estimate of drug-likeness (QED) is 0.394. The molecule has 0 aliphatic carbocycles. The summed E-state index contributed by atoms with van der Waals surface area (Å²) < 4.78 is 12.3. The maximum absolute atomic E-state index is 13.8. The van der Waals surface area contributed by atoms with Gasteiger partial charge in [0, 0.05) is 37.4 Å². The summed E-state index contributed by atoms with van der Waals surface area (Å²) in [5.74, 6) is 1.50. The molecular weight excluding hydrogens is 452 g/mol. The van der Waals surface area contributed by atoms with Gasteiger partial charge in [-0.3, -0.25) is 4.79 Å². The minimum Gasteiger partial charge on any atom is -0.497 e. The van der Waals surface area contributed by atoms with Crippen molar-refractivity contribution in [2.45, 2.75) is 6.92 Å². The lowest BCUT2D eigenvalue weighted by molar-refractivity contribution is 0.0737. The Balaban J connectivity index is 1.43. The highest BCUT2D eigenvalue weighted by molar-refractivity contribution is 5.94. The fourth-order valence-electron chi connectivity index (χ4n) is 4.59. The van der Waals surface area contributed by atoms with Crippen LogP contribution in [0.4, 0.5) is 5.69 Å². The van der Waals surface area contributed by atoms with Crippen LogP contribution in [-0.2, 0) is 0 Å². The van der Waals surface area contributed by atoms with Crippen molar-refractivity contribution in [2.75, 3.05) is 45.3 Å². The van der Waals surface area contributed by atoms with E-state index in [0.29, 0.717) is 18.8 Å². The second-order valence-corrected chi connectivity index (χ2v) is 8.82. The zero-order chi connectivity index (χ0) is 25.1. The van der Waals surface area contributed by atoms with Crippen molar-refractivity contribution < 1.29 is 14.3 Å². The van der Waals surface area contributed by atoms with E-state index in [1.54, 1.807) is 18.9 Å². The molecule has 0 atom stereocenters. The van der Waals surface area contributed by atoms with Gasteiger partial charge < -0.3 is 19.3 Å². The monoisotopic (exact) mass is 482 g/mol. The van der Waals surface area contributed by atoms with Crippen LogP contribution in [0.25, 0.3) is 16.9 Å². The van der Waals surface area contributed by atoms with E-state index >= 15 is 0 Å². The lowest BCUT2D eigenvalue weighted by Crippen LogP contribution is -2.49. The van der Waals surface area contributed by atoms with Crippen LogP contribution in [0, 0.1) is 6.92 Å². The number of hydrogen-bond acceptors (Lipinski definition) is 5. The Morgan fingerprint density at radius 2 is 1.42 bits per heavy atom. The van der Waals surface area contributed by atoms with Gasteiger partial charge in [0.25, 0.3) is 5.91 Å². The number of anilines is 1. The van der Waals surface area contributed by atoms with E-state index in [-0.39, 0.29) is 5.91 Å². The topological polar surface area (TPSA) is 59.8 Å². The van der Waals surface area contributed by atoms with Crippen LogP contribution in [0.1, 0.15) is 16.1 Å². The highest BCUT2D eigenvalue weighted by Gasteiger charge is 2.27. The normalized spacial score (nSPS) is 13.5. The zero-order valence-corrected chi connectivity index (χ0v) is 20.8. The summed E-state index contributed by atoms with van der Waals surface area (Å²) in [6.07, 6.45) is 0. The molecule has 0 bridgehead atoms. The molecule has 1 aromatic heterocycles. The van der Waals surface area contributed by atoms with Crippen molar-refractivity contribution >= 4 is 11.6 Å². The summed E-state index contributed by atoms with van der Waals surface area (Å²) in [5.41, 5.74) is 5.47. The van der Waals surface area contributed by atoms with E-state index in [1.165, 1.54) is 11.3 Å². The average molecular weight is 483 g/mol. The van der Waals surface area contributed by atoms with Gasteiger partial charge in [-0.1, -0.05) is 18.2 Å². The number of carbonyl (C=O) groups is 1. The van der Waals surface area contributed by atoms with Crippen molar-refractivity contribution in [1.82, 2.24) is 14.7 Å². The van der Waals surface area contributed by atoms with E-state index in [2.05, 4.69) is 36.1 Å². The van der Waals surface area contributed by atoms with Crippen LogP contribution in [0.5, 0.6) is 11.5 Å². The first-order valence-corrected chi connectivity index (χ1v) is 12.1. The summed E-state index contributed by atoms with van der Waals surface area (Å²) in [4.78, 5) is 18.0. The first-order valence-electron chi connectivity index (χ1n) is 12.1. The number of methoxy groups -OCH3 is 2. The second-order valence-electron chi connectivity index (χ2n) is 8.82. The predicted molar refractivity (Wildman–Crippen MR) is 141 cm³/mol. The van der Waals surface area contributed by atoms with Crippen molar-refractivity contribution in [3.05, 3.63) is 90.1 Å². The molecule has 1 aliphatic heterocycles. The zero-order valence-electron chi connectivity index (χ0n) is 20.8. The Kier molecular flexibility index (Phi) is 6.62. The smallest absolute Gasteiger partial charge is 0.272 e. The Bertz CT molecular complexity index is 1340. The van der Waals surface area contributed by atoms with E-state index in [9.17, 15) is 4.79 Å². The van der Waals surface area contributed by atoms with Crippen LogP contribution in [0.15, 0.2) is 78.9 Å². The van der Waals surface area contributed by atoms with Crippen LogP contribution >= 0.6 is 0 Å². The average Bonchev–Trinajstić information content (AvgIpc) is 3.39. The molecule has 36 heavy (non-hydrogen) atoms. The van der Waals surface area contributed by atoms with E-state index < -0.39 is 0 Å². The predicted octanol–water partition coefficient (Wildman–Crippen LogP) is 4.83. The SMILES string of the molecule is COc1ccc(-c2cc(C(=O)N3CCN(c4ccccc4C)CC3)n(-c3ccc(OC)cc3)n2)cc1. The number of amides is 1. The number of hydrogen-bond donors (Lipinski definition) is 0. The molecule has 5 rings (SSSR count). The van der Waals surface area contributed by atoms with E-state index in [1.807, 2.05) is 59.5 Å². The summed E-state index contributed by atoms with van der Waals surface area (Å²) in [7, 11) is 3.28. The number of ether oxygens (including phenoxy) is 2. The summed E-state index contributed by atoms with van der Waals surface area (Å²) in [6.45, 7) is 5.01. The maximum Gasteiger partial charge on any atom is 0.272 e. The van der Waals surface area contributed by atoms with Crippen molar-refractivity contribution in [3.8, 4) is 28.4 Å². The first-order chi connectivity index (χ1) is 17.6. The molecule has 1 amide bonds. The molecule has 7 heteroatoms. The molecule has 1 aliphatic rings. The minimum atomic E-state index is -0.0255. The van der Waals surface area contributed by atoms with Crippen LogP contribution in [0.2, 0.25) is 0 Å². The van der Waals surface area contributed by atoms with Gasteiger partial charge in [-0.25, -0.2) is 4.68 Å². The molecule has 0 spiro atoms. The molecule has 0 unspecified atom stereocenters. The Morgan fingerprint density at radius 1 is 0.806 bits per heavy atom. The number of rotatable bonds is 6. The van der Waals surface area contributed by atoms with Gasteiger partial charge in [-0.05, 0) is 73.2 Å². The van der Waals surface area contributed by atoms with E-state index in [0.717, 1.165) is 41.5 Å². The number of para-hydroxylation sites is 1. The van der Waals surface area contributed by atoms with Gasteiger partial charge in [0.05, 0.1) is 25.6 Å². The molecule has 0 saturated carbocycles. The molecule has 1 fully saturated rings. The van der Waals surface area contributed by atoms with Crippen LogP contribution in [-0.4, -0.2) is 61.0 Å². The number of carbonyl (C=O) groups excluding carboxylic acids is 1. The maximum atomic E-state index is 13.8. The Labute approximate surface area is 211 Å². The molecule has 4 aromatic rings. The number of aryl methyl sites for hydroxylation is 1. The van der Waals surface area contributed by atoms with Gasteiger partial charge in [0.15, 0.2) is 0 Å². The van der Waals surface area contributed by atoms with Gasteiger partial charge in [0.2, 0.25) is 0 Å². The van der Waals surface area contributed by atoms with Crippen molar-refractivity contribution in [1.29, 1.82) is 0 Å². The Morgan fingerprint density at radius 3 is 2.03 bits per heavy atom. The van der Waals surface area contributed by atoms with Gasteiger partial charge in [0.1, 0.15) is 17.2 Å². The fraction of sp³-hybridized carbons (Fsp3) is 0.241. The largest absolute Gasteiger partial charge is 0.497 e. The molecule has 0 radical (unpaired) electrons. The lowest BCUT2D eigenvalue weighted by Gasteiger charge is -2.36. The third-order valence-corrected chi connectivity index (χ3v) is 6.65. The first kappa shape index (κ1) is 23.5. The van der Waals surface area contributed by atoms with E-state index in [4.69, 9.17) is 14.6 Å². The third-order valence-electron chi connectivity index (χ3n) is 6.65. The Hall–Kier alpha value is -4.26. The van der Waals surface area contributed by atoms with Gasteiger partial charge in [-0.2, -0.15) is 5.10 Å². The molecule has 1 saturated heterocycles. The standard InChI is InChI=1S/C29H30N4O3/c1-21-6-4-5-7-27(21)31-16-18-32(19-17-31)29(34)28-20-26(22-8-12-24(35-2)13-9-22)30-33(28)23-10-14-25(36-3)15-11-23/h4-15,20H,16-19H2,1-3H3. The third kappa shape index (κ3) is 4.64. The molecule has 2 heterocycles. The van der Waals surface area contributed by atoms with Crippen LogP contribution in [0.3, 0.4) is 0 Å². The van der Waals surface area contributed by atoms with Gasteiger partial charge in [-0.15, -0.1) is 0 Å².